The summed E-state index contributed by atoms with van der Waals surface area (Å²) in [5.74, 6) is 0.162. The quantitative estimate of drug-likeness (QED) is 0.789. The molecule has 1 heterocycles. The standard InChI is InChI=1S/C17H26N2O3/c1-14(15-5-3-2-4-6-15)11-17(21)18-12-16(20)13-19-7-9-22-10-8-19/h2-6,14,16,20H,7-13H2,1H3,(H,18,21). The third kappa shape index (κ3) is 5.75. The summed E-state index contributed by atoms with van der Waals surface area (Å²) in [7, 11) is 0. The highest BCUT2D eigenvalue weighted by Gasteiger charge is 2.16. The van der Waals surface area contributed by atoms with Crippen LogP contribution in [0.3, 0.4) is 0 Å². The van der Waals surface area contributed by atoms with Gasteiger partial charge in [-0.15, -0.1) is 0 Å². The first-order valence-corrected chi connectivity index (χ1v) is 7.95. The first-order chi connectivity index (χ1) is 10.6. The summed E-state index contributed by atoms with van der Waals surface area (Å²) in [5.41, 5.74) is 1.16. The Balaban J connectivity index is 1.66. The van der Waals surface area contributed by atoms with Gasteiger partial charge in [0.15, 0.2) is 0 Å². The van der Waals surface area contributed by atoms with Crippen molar-refractivity contribution < 1.29 is 14.6 Å². The van der Waals surface area contributed by atoms with Gasteiger partial charge in [-0.3, -0.25) is 9.69 Å². The van der Waals surface area contributed by atoms with Crippen molar-refractivity contribution in [3.05, 3.63) is 35.9 Å². The average molecular weight is 306 g/mol. The van der Waals surface area contributed by atoms with Gasteiger partial charge in [-0.25, -0.2) is 0 Å². The van der Waals surface area contributed by atoms with Gasteiger partial charge >= 0.3 is 0 Å². The molecule has 0 bridgehead atoms. The molecule has 0 aliphatic carbocycles. The topological polar surface area (TPSA) is 61.8 Å². The maximum Gasteiger partial charge on any atom is 0.220 e. The summed E-state index contributed by atoms with van der Waals surface area (Å²) in [6, 6.07) is 10.0. The number of ether oxygens (including phenoxy) is 1. The molecule has 2 unspecified atom stereocenters. The second kappa shape index (κ2) is 8.88. The van der Waals surface area contributed by atoms with Crippen LogP contribution in [0.1, 0.15) is 24.8 Å². The van der Waals surface area contributed by atoms with Crippen LogP contribution in [0.25, 0.3) is 0 Å². The van der Waals surface area contributed by atoms with E-state index in [9.17, 15) is 9.90 Å². The maximum absolute atomic E-state index is 12.0. The summed E-state index contributed by atoms with van der Waals surface area (Å²) < 4.78 is 5.27. The maximum atomic E-state index is 12.0. The Bertz CT molecular complexity index is 446. The van der Waals surface area contributed by atoms with E-state index >= 15 is 0 Å². The first kappa shape index (κ1) is 16.9. The SMILES string of the molecule is CC(CC(=O)NCC(O)CN1CCOCC1)c1ccccc1. The fraction of sp³-hybridized carbons (Fsp3) is 0.588. The van der Waals surface area contributed by atoms with Crippen molar-refractivity contribution in [2.45, 2.75) is 25.4 Å². The lowest BCUT2D eigenvalue weighted by molar-refractivity contribution is -0.122. The van der Waals surface area contributed by atoms with E-state index in [1.165, 1.54) is 0 Å². The van der Waals surface area contributed by atoms with Crippen LogP contribution in [-0.2, 0) is 9.53 Å². The van der Waals surface area contributed by atoms with Gasteiger partial charge in [0.05, 0.1) is 19.3 Å². The Kier molecular flexibility index (Phi) is 6.83. The van der Waals surface area contributed by atoms with Gasteiger partial charge in [-0.1, -0.05) is 37.3 Å². The van der Waals surface area contributed by atoms with Gasteiger partial charge in [0.2, 0.25) is 5.91 Å². The molecule has 1 fully saturated rings. The molecule has 1 aliphatic rings. The minimum Gasteiger partial charge on any atom is -0.390 e. The predicted molar refractivity (Wildman–Crippen MR) is 85.7 cm³/mol. The molecule has 2 N–H and O–H groups in total. The van der Waals surface area contributed by atoms with E-state index in [1.807, 2.05) is 37.3 Å². The second-order valence-electron chi connectivity index (χ2n) is 5.89. The van der Waals surface area contributed by atoms with Gasteiger partial charge in [-0.05, 0) is 11.5 Å². The Labute approximate surface area is 132 Å². The van der Waals surface area contributed by atoms with E-state index in [-0.39, 0.29) is 11.8 Å². The van der Waals surface area contributed by atoms with Crippen LogP contribution in [0, 0.1) is 0 Å². The first-order valence-electron chi connectivity index (χ1n) is 7.95. The molecule has 1 aromatic carbocycles. The van der Waals surface area contributed by atoms with Crippen LogP contribution < -0.4 is 5.32 Å². The molecule has 1 aliphatic heterocycles. The van der Waals surface area contributed by atoms with Crippen molar-refractivity contribution in [2.24, 2.45) is 0 Å². The zero-order valence-electron chi connectivity index (χ0n) is 13.2. The fourth-order valence-electron chi connectivity index (χ4n) is 2.63. The van der Waals surface area contributed by atoms with E-state index < -0.39 is 6.10 Å². The molecular formula is C17H26N2O3. The van der Waals surface area contributed by atoms with Crippen LogP contribution in [0.15, 0.2) is 30.3 Å². The van der Waals surface area contributed by atoms with E-state index in [0.29, 0.717) is 32.7 Å². The number of amides is 1. The number of aliphatic hydroxyl groups excluding tert-OH is 1. The summed E-state index contributed by atoms with van der Waals surface area (Å²) >= 11 is 0. The van der Waals surface area contributed by atoms with Crippen LogP contribution in [0.2, 0.25) is 0 Å². The lowest BCUT2D eigenvalue weighted by Gasteiger charge is -2.28. The highest BCUT2D eigenvalue weighted by atomic mass is 16.5. The summed E-state index contributed by atoms with van der Waals surface area (Å²) in [4.78, 5) is 14.1. The number of carbonyl (C=O) groups excluding carboxylic acids is 1. The summed E-state index contributed by atoms with van der Waals surface area (Å²) in [5, 5.41) is 12.8. The number of hydrogen-bond acceptors (Lipinski definition) is 4. The van der Waals surface area contributed by atoms with Crippen LogP contribution in [0.5, 0.6) is 0 Å². The van der Waals surface area contributed by atoms with Crippen LogP contribution >= 0.6 is 0 Å². The summed E-state index contributed by atoms with van der Waals surface area (Å²) in [6.45, 7) is 6.04. The Morgan fingerprint density at radius 3 is 2.68 bits per heavy atom. The van der Waals surface area contributed by atoms with E-state index in [2.05, 4.69) is 10.2 Å². The number of aliphatic hydroxyl groups is 1. The third-order valence-corrected chi connectivity index (χ3v) is 3.97. The van der Waals surface area contributed by atoms with Crippen molar-refractivity contribution in [1.82, 2.24) is 10.2 Å². The Morgan fingerprint density at radius 1 is 1.32 bits per heavy atom. The highest BCUT2D eigenvalue weighted by Crippen LogP contribution is 2.17. The molecule has 1 amide bonds. The molecule has 0 aromatic heterocycles. The number of morpholine rings is 1. The number of hydrogen-bond donors (Lipinski definition) is 2. The number of nitrogens with zero attached hydrogens (tertiary/aromatic N) is 1. The molecule has 0 radical (unpaired) electrons. The zero-order chi connectivity index (χ0) is 15.8. The molecule has 0 spiro atoms. The molecule has 2 atom stereocenters. The lowest BCUT2D eigenvalue weighted by atomic mass is 9.97. The van der Waals surface area contributed by atoms with E-state index in [0.717, 1.165) is 18.7 Å². The van der Waals surface area contributed by atoms with Crippen molar-refractivity contribution in [1.29, 1.82) is 0 Å². The van der Waals surface area contributed by atoms with Gasteiger partial charge in [-0.2, -0.15) is 0 Å². The molecule has 5 heteroatoms. The van der Waals surface area contributed by atoms with Crippen LogP contribution in [-0.4, -0.2) is 61.4 Å². The van der Waals surface area contributed by atoms with Gasteiger partial charge < -0.3 is 15.2 Å². The third-order valence-electron chi connectivity index (χ3n) is 3.97. The van der Waals surface area contributed by atoms with Gasteiger partial charge in [0.1, 0.15) is 0 Å². The van der Waals surface area contributed by atoms with E-state index in [1.54, 1.807) is 0 Å². The molecule has 1 saturated heterocycles. The minimum atomic E-state index is -0.533. The Morgan fingerprint density at radius 2 is 2.00 bits per heavy atom. The number of rotatable bonds is 7. The minimum absolute atomic E-state index is 0.0163. The molecule has 22 heavy (non-hydrogen) atoms. The highest BCUT2D eigenvalue weighted by molar-refractivity contribution is 5.76. The van der Waals surface area contributed by atoms with Crippen LogP contribution in [0.4, 0.5) is 0 Å². The molecule has 2 rings (SSSR count). The number of benzene rings is 1. The average Bonchev–Trinajstić information content (AvgIpc) is 2.55. The largest absolute Gasteiger partial charge is 0.390 e. The Hall–Kier alpha value is -1.43. The van der Waals surface area contributed by atoms with Crippen molar-refractivity contribution in [3.63, 3.8) is 0 Å². The molecular weight excluding hydrogens is 280 g/mol. The second-order valence-corrected chi connectivity index (χ2v) is 5.89. The summed E-state index contributed by atoms with van der Waals surface area (Å²) in [6.07, 6.45) is -0.0945. The normalized spacial score (nSPS) is 18.6. The van der Waals surface area contributed by atoms with Crippen molar-refractivity contribution >= 4 is 5.91 Å². The number of β-amino-alcohol motifs (C(OH)–C–C–N with tert-alkyl or cyclic N) is 1. The van der Waals surface area contributed by atoms with Gasteiger partial charge in [0, 0.05) is 32.6 Å². The lowest BCUT2D eigenvalue weighted by Crippen LogP contribution is -2.44. The number of carbonyl (C=O) groups is 1. The van der Waals surface area contributed by atoms with E-state index in [4.69, 9.17) is 4.74 Å². The number of nitrogens with one attached hydrogen (secondary N) is 1. The zero-order valence-corrected chi connectivity index (χ0v) is 13.2. The molecule has 5 nitrogen and oxygen atoms in total. The fourth-order valence-corrected chi connectivity index (χ4v) is 2.63. The molecule has 0 saturated carbocycles. The smallest absolute Gasteiger partial charge is 0.220 e. The van der Waals surface area contributed by atoms with Gasteiger partial charge in [0.25, 0.3) is 0 Å². The van der Waals surface area contributed by atoms with Crippen molar-refractivity contribution in [3.8, 4) is 0 Å². The predicted octanol–water partition coefficient (Wildman–Crippen LogP) is 0.990. The van der Waals surface area contributed by atoms with Crippen molar-refractivity contribution in [2.75, 3.05) is 39.4 Å². The molecule has 122 valence electrons. The monoisotopic (exact) mass is 306 g/mol. The molecule has 1 aromatic rings.